The van der Waals surface area contributed by atoms with E-state index in [1.807, 2.05) is 30.3 Å². The summed E-state index contributed by atoms with van der Waals surface area (Å²) in [6.45, 7) is 11.7. The third-order valence-corrected chi connectivity index (χ3v) is 21.5. The number of imidazole rings is 1. The molecule has 0 aliphatic carbocycles. The number of nitrogens with two attached hydrogens (primary N) is 8. The molecule has 0 aliphatic rings. The highest BCUT2D eigenvalue weighted by Gasteiger charge is 2.40. The molecule has 0 spiro atoms. The van der Waals surface area contributed by atoms with Gasteiger partial charge in [-0.25, -0.2) is 9.78 Å². The number of amides is 19. The number of guanidine groups is 2. The number of nitrogens with one attached hydrogen (secondary N) is 21. The SMILES string of the molecule is CC(C)C[C@H](NC(=O)[C@@H](C)NC(=O)CNC(=O)[C@@H](CCCCN)NC(=O)[C@@H](CCCNC(=N)N)NC(=O)[C@@H](C)NC(=O)CCc1ccccc1)C(=O)N[C@@H](CCCNC(=N)N)C(=O)N[C@@H](CCC(N)=O)C(=O)N[C@@H](CCCCN)C(=O)N[C@@H](CC(N)=O)C(=O)N[C@H](C(=O)N[C@@H](Cc1c[nH]cn1)C(=O)N[C@@H](CCC(=O)O)C(=O)N[C@H](C(=O)N[C@@H](CCCCN)C(=O)N[C@@H](CC(N)=O)C(=O)O)C(C)C)C(C)C. The number of hydrogen-bond donors (Lipinski definition) is 31. The van der Waals surface area contributed by atoms with Gasteiger partial charge >= 0.3 is 11.9 Å². The van der Waals surface area contributed by atoms with Gasteiger partial charge in [0.1, 0.15) is 90.6 Å². The Morgan fingerprint density at radius 1 is 0.357 bits per heavy atom. The Bertz CT molecular complexity index is 4470. The fourth-order valence-electron chi connectivity index (χ4n) is 13.8. The number of carbonyl (C=O) groups is 21. The summed E-state index contributed by atoms with van der Waals surface area (Å²) < 4.78 is 0. The maximum absolute atomic E-state index is 14.7. The lowest BCUT2D eigenvalue weighted by Gasteiger charge is -2.29. The molecule has 0 saturated heterocycles. The molecule has 0 saturated carbocycles. The number of carboxylic acid groups (broad SMARTS) is 2. The topological polar surface area (TPSA) is 900 Å². The number of benzene rings is 1. The Morgan fingerprint density at radius 3 is 1.10 bits per heavy atom. The molecule has 2 rings (SSSR count). The Balaban J connectivity index is 2.51. The fraction of sp³-hybridized carbons (Fsp3) is 0.632. The maximum atomic E-state index is 14.7. The van der Waals surface area contributed by atoms with Crippen LogP contribution in [0.25, 0.3) is 0 Å². The van der Waals surface area contributed by atoms with Gasteiger partial charge < -0.3 is 157 Å². The molecule has 53 nitrogen and oxygen atoms in total. The number of nitrogens with zero attached hydrogens (tertiary/aromatic N) is 1. The molecule has 1 aromatic carbocycles. The van der Waals surface area contributed by atoms with E-state index in [1.165, 1.54) is 54.1 Å². The minimum Gasteiger partial charge on any atom is -0.481 e. The van der Waals surface area contributed by atoms with Crippen molar-refractivity contribution < 1.29 is 111 Å². The molecule has 2 aromatic rings. The highest BCUT2D eigenvalue weighted by molar-refractivity contribution is 6.02. The summed E-state index contributed by atoms with van der Waals surface area (Å²) in [5.74, 6) is -25.0. The second-order valence-electron chi connectivity index (χ2n) is 34.7. The molecule has 0 aliphatic heterocycles. The monoisotopic (exact) mass is 1980 g/mol. The summed E-state index contributed by atoms with van der Waals surface area (Å²) in [4.78, 5) is 294. The molecule has 0 fully saturated rings. The normalized spacial score (nSPS) is 14.3. The summed E-state index contributed by atoms with van der Waals surface area (Å²) in [6, 6.07) is -14.6. The van der Waals surface area contributed by atoms with Crippen molar-refractivity contribution in [2.45, 2.75) is 294 Å². The van der Waals surface area contributed by atoms with Crippen molar-refractivity contribution in [1.29, 1.82) is 10.8 Å². The predicted molar refractivity (Wildman–Crippen MR) is 507 cm³/mol. The van der Waals surface area contributed by atoms with Gasteiger partial charge in [0, 0.05) is 45.0 Å². The van der Waals surface area contributed by atoms with Crippen LogP contribution in [0.4, 0.5) is 0 Å². The standard InChI is InChI=1S/C87H146N30O23/c1-45(2)38-59(112-72(126)49(8)104-67(122)43-101-73(127)52(22-12-15-33-88)106-74(128)55(25-18-36-99-86(94)95)105-71(125)48(7)103-66(121)31-27-50-20-10-9-11-21-50)80(134)108-56(26-19-37-100-87(96)97)75(129)109-57(28-30-63(91)118)78(132)107-53(23-13-16-34-89)76(130)113-61(40-64(92)119)82(136)117-70(47(5)6)84(138)114-60(39-51-42-98-44-102-51)81(135)110-58(29-32-68(123)124)79(133)116-69(46(3)4)83(137)111-54(24-14-17-35-90)77(131)115-62(85(139)140)41-65(93)120/h9-11,20-21,42,44-49,52-62,69-70H,12-19,22-41,43,88-90H2,1-8H3,(H2,91,118)(H2,92,119)(H2,93,120)(H,98,102)(H,101,127)(H,103,121)(H,104,122)(H,105,125)(H,106,128)(H,107,132)(H,108,134)(H,109,129)(H,110,135)(H,111,137)(H,112,126)(H,113,130)(H,114,138)(H,115,131)(H,116,133)(H,117,136)(H,123,124)(H,139,140)(H4,94,95,99)(H4,96,97,100)/t48-,49-,52-,53+,54+,55-,56+,57+,58+,59+,60+,61+,62+,69+,70+/m1/s1. The Morgan fingerprint density at radius 2 is 0.707 bits per heavy atom. The van der Waals surface area contributed by atoms with Crippen molar-refractivity contribution >= 4 is 136 Å². The Kier molecular flexibility index (Phi) is 57.0. The van der Waals surface area contributed by atoms with Crippen LogP contribution in [0.3, 0.4) is 0 Å². The van der Waals surface area contributed by atoms with Crippen molar-refractivity contribution in [3.8, 4) is 0 Å². The molecule has 15 atom stereocenters. The van der Waals surface area contributed by atoms with Crippen molar-refractivity contribution in [3.63, 3.8) is 0 Å². The highest BCUT2D eigenvalue weighted by atomic mass is 16.4. The van der Waals surface area contributed by atoms with Gasteiger partial charge in [0.2, 0.25) is 112 Å². The second-order valence-corrected chi connectivity index (χ2v) is 34.7. The number of aromatic nitrogens is 2. The third kappa shape index (κ3) is 49.7. The first kappa shape index (κ1) is 122. The summed E-state index contributed by atoms with van der Waals surface area (Å²) in [6.07, 6.45) is -0.822. The van der Waals surface area contributed by atoms with Crippen LogP contribution in [0.2, 0.25) is 0 Å². The number of H-pyrrole nitrogens is 1. The quantitative estimate of drug-likeness (QED) is 0.0166. The van der Waals surface area contributed by atoms with E-state index in [1.54, 1.807) is 13.8 Å². The zero-order valence-corrected chi connectivity index (χ0v) is 80.5. The number of unbranched alkanes of at least 4 members (excludes halogenated alkanes) is 3. The lowest BCUT2D eigenvalue weighted by Crippen LogP contribution is -2.62. The molecule has 39 N–H and O–H groups in total. The van der Waals surface area contributed by atoms with Gasteiger partial charge in [0.15, 0.2) is 11.9 Å². The lowest BCUT2D eigenvalue weighted by atomic mass is 10.00. The van der Waals surface area contributed by atoms with E-state index in [9.17, 15) is 111 Å². The van der Waals surface area contributed by atoms with Crippen LogP contribution in [0.5, 0.6) is 0 Å². The Hall–Kier alpha value is -14.3. The number of aliphatic carboxylic acids is 2. The number of aryl methyl sites for hydroxylation is 1. The molecule has 140 heavy (non-hydrogen) atoms. The van der Waals surface area contributed by atoms with E-state index in [-0.39, 0.29) is 127 Å². The average Bonchev–Trinajstić information content (AvgIpc) is 1.06. The lowest BCUT2D eigenvalue weighted by molar-refractivity contribution is -0.144. The fourth-order valence-corrected chi connectivity index (χ4v) is 13.8. The van der Waals surface area contributed by atoms with Gasteiger partial charge in [-0.1, -0.05) is 71.9 Å². The molecule has 1 heterocycles. The summed E-state index contributed by atoms with van der Waals surface area (Å²) in [5, 5.41) is 79.6. The number of primary amides is 3. The van der Waals surface area contributed by atoms with Crippen molar-refractivity contribution in [2.24, 2.45) is 63.6 Å². The second kappa shape index (κ2) is 65.5. The number of carboxylic acids is 2. The van der Waals surface area contributed by atoms with Crippen LogP contribution in [0.15, 0.2) is 42.9 Å². The van der Waals surface area contributed by atoms with E-state index in [0.717, 1.165) is 5.56 Å². The molecule has 19 amide bonds. The first-order chi connectivity index (χ1) is 66.0. The number of rotatable bonds is 71. The minimum atomic E-state index is -1.97. The molecule has 0 bridgehead atoms. The summed E-state index contributed by atoms with van der Waals surface area (Å²) >= 11 is 0. The number of aromatic amines is 1. The van der Waals surface area contributed by atoms with Gasteiger partial charge in [0.05, 0.1) is 31.4 Å². The predicted octanol–water partition coefficient (Wildman–Crippen LogP) is -8.75. The summed E-state index contributed by atoms with van der Waals surface area (Å²) in [7, 11) is 0. The van der Waals surface area contributed by atoms with E-state index >= 15 is 0 Å². The van der Waals surface area contributed by atoms with Gasteiger partial charge in [-0.3, -0.25) is 107 Å². The largest absolute Gasteiger partial charge is 0.481 e. The van der Waals surface area contributed by atoms with Crippen LogP contribution in [0, 0.1) is 28.6 Å². The highest BCUT2D eigenvalue weighted by Crippen LogP contribution is 2.16. The van der Waals surface area contributed by atoms with Gasteiger partial charge in [0.25, 0.3) is 0 Å². The minimum absolute atomic E-state index is 0.00192. The molecule has 0 unspecified atom stereocenters. The van der Waals surface area contributed by atoms with Gasteiger partial charge in [-0.2, -0.15) is 0 Å². The third-order valence-electron chi connectivity index (χ3n) is 21.5. The van der Waals surface area contributed by atoms with E-state index < -0.39 is 284 Å². The van der Waals surface area contributed by atoms with E-state index in [4.69, 9.17) is 56.7 Å². The smallest absolute Gasteiger partial charge is 0.326 e. The first-order valence-electron chi connectivity index (χ1n) is 46.4. The van der Waals surface area contributed by atoms with Crippen LogP contribution in [0.1, 0.15) is 201 Å². The van der Waals surface area contributed by atoms with Crippen LogP contribution in [-0.4, -0.2) is 286 Å². The Labute approximate surface area is 810 Å². The molecular weight excluding hydrogens is 1830 g/mol. The number of hydrogen-bond acceptors (Lipinski definition) is 27. The average molecular weight is 1980 g/mol. The van der Waals surface area contributed by atoms with E-state index in [2.05, 4.69) is 106 Å². The van der Waals surface area contributed by atoms with Crippen molar-refractivity contribution in [2.75, 3.05) is 39.3 Å². The van der Waals surface area contributed by atoms with Gasteiger partial charge in [-0.05, 0) is 166 Å². The molecule has 782 valence electrons. The molecular formula is C87H146N30O23. The molecule has 53 heteroatoms. The zero-order chi connectivity index (χ0) is 105. The number of carbonyl (C=O) groups excluding carboxylic acids is 19. The van der Waals surface area contributed by atoms with Crippen molar-refractivity contribution in [3.05, 3.63) is 54.1 Å². The van der Waals surface area contributed by atoms with Crippen LogP contribution >= 0.6 is 0 Å². The maximum Gasteiger partial charge on any atom is 0.326 e. The van der Waals surface area contributed by atoms with Crippen molar-refractivity contribution in [1.82, 2.24) is 106 Å². The van der Waals surface area contributed by atoms with Crippen LogP contribution < -0.4 is 142 Å². The summed E-state index contributed by atoms with van der Waals surface area (Å²) in [5.41, 5.74) is 45.6. The zero-order valence-electron chi connectivity index (χ0n) is 80.5. The van der Waals surface area contributed by atoms with E-state index in [0.29, 0.717) is 25.7 Å². The van der Waals surface area contributed by atoms with Gasteiger partial charge in [-0.15, -0.1) is 0 Å². The molecule has 1 aromatic heterocycles. The molecule has 0 radical (unpaired) electrons. The first-order valence-corrected chi connectivity index (χ1v) is 46.4. The van der Waals surface area contributed by atoms with Crippen LogP contribution in [-0.2, 0) is 114 Å².